The number of Topliss-reactive ketones (excluding diaryl/α,β-unsaturated/α-hetero) is 1. The lowest BCUT2D eigenvalue weighted by Gasteiger charge is -1.97. The number of hydrogen-bond donors (Lipinski definition) is 0. The molecule has 12 heavy (non-hydrogen) atoms. The van der Waals surface area contributed by atoms with Crippen molar-refractivity contribution in [3.8, 4) is 0 Å². The van der Waals surface area contributed by atoms with Gasteiger partial charge in [-0.05, 0) is 6.42 Å². The quantitative estimate of drug-likeness (QED) is 0.625. The maximum absolute atomic E-state index is 11.6. The van der Waals surface area contributed by atoms with E-state index in [1.165, 1.54) is 0 Å². The zero-order valence-corrected chi connectivity index (χ0v) is 7.26. The molecule has 1 nitrogen and oxygen atoms in total. The second-order valence-corrected chi connectivity index (χ2v) is 2.72. The number of ketones is 1. The lowest BCUT2D eigenvalue weighted by Crippen LogP contribution is -1.97. The molecule has 0 radical (unpaired) electrons. The highest BCUT2D eigenvalue weighted by Gasteiger charge is 2.02. The molecule has 0 N–H and O–H groups in total. The number of rotatable bonds is 4. The molecule has 0 aromatic heterocycles. The first-order valence-electron chi connectivity index (χ1n) is 5.26. The van der Waals surface area contributed by atoms with E-state index in [4.69, 9.17) is 2.74 Å². The van der Waals surface area contributed by atoms with Gasteiger partial charge in [0.15, 0.2) is 5.78 Å². The second kappa shape index (κ2) is 4.70. The highest BCUT2D eigenvalue weighted by Crippen LogP contribution is 2.05. The van der Waals surface area contributed by atoms with Crippen molar-refractivity contribution in [1.29, 1.82) is 0 Å². The summed E-state index contributed by atoms with van der Waals surface area (Å²) >= 11 is 0. The van der Waals surface area contributed by atoms with E-state index in [0.29, 0.717) is 6.42 Å². The van der Waals surface area contributed by atoms with Crippen LogP contribution in [0.2, 0.25) is 0 Å². The normalized spacial score (nSPS) is 12.1. The Bertz CT molecular complexity index is 314. The Hall–Kier alpha value is -1.11. The molecule has 0 aliphatic rings. The molecule has 64 valence electrons. The molecule has 0 heterocycles. The summed E-state index contributed by atoms with van der Waals surface area (Å²) in [6.45, 7) is 2.02. The van der Waals surface area contributed by atoms with Crippen molar-refractivity contribution in [1.82, 2.24) is 0 Å². The lowest BCUT2D eigenvalue weighted by atomic mass is 10.1. The molecule has 0 spiro atoms. The van der Waals surface area contributed by atoms with E-state index in [2.05, 4.69) is 0 Å². The zero-order valence-electron chi connectivity index (χ0n) is 9.26. The van der Waals surface area contributed by atoms with Crippen LogP contribution in [-0.4, -0.2) is 5.78 Å². The van der Waals surface area contributed by atoms with Gasteiger partial charge in [-0.2, -0.15) is 0 Å². The van der Waals surface area contributed by atoms with Crippen molar-refractivity contribution in [2.75, 3.05) is 0 Å². The Morgan fingerprint density at radius 3 is 2.67 bits per heavy atom. The first-order chi connectivity index (χ1) is 6.66. The molecule has 0 amide bonds. The van der Waals surface area contributed by atoms with Crippen LogP contribution in [0.15, 0.2) is 30.3 Å². The van der Waals surface area contributed by atoms with Gasteiger partial charge in [0.2, 0.25) is 0 Å². The lowest BCUT2D eigenvalue weighted by molar-refractivity contribution is 0.0980. The largest absolute Gasteiger partial charge is 0.294 e. The summed E-state index contributed by atoms with van der Waals surface area (Å²) in [6, 6.07) is 5.06. The molecule has 1 aromatic carbocycles. The predicted molar refractivity (Wildman–Crippen MR) is 50.3 cm³/mol. The van der Waals surface area contributed by atoms with Gasteiger partial charge in [-0.15, -0.1) is 0 Å². The summed E-state index contributed by atoms with van der Waals surface area (Å²) in [7, 11) is 0. The van der Waals surface area contributed by atoms with Crippen LogP contribution in [0.25, 0.3) is 0 Å². The Morgan fingerprint density at radius 2 is 2.08 bits per heavy atom. The summed E-state index contributed by atoms with van der Waals surface area (Å²) in [4.78, 5) is 11.6. The van der Waals surface area contributed by atoms with Gasteiger partial charge in [-0.1, -0.05) is 43.6 Å². The fourth-order valence-electron chi connectivity index (χ4n) is 0.976. The number of carbonyl (C=O) groups is 1. The predicted octanol–water partition coefficient (Wildman–Crippen LogP) is 3.06. The van der Waals surface area contributed by atoms with Crippen LogP contribution in [0, 0.1) is 0 Å². The maximum Gasteiger partial charge on any atom is 0.162 e. The van der Waals surface area contributed by atoms with E-state index >= 15 is 0 Å². The van der Waals surface area contributed by atoms with Gasteiger partial charge in [0.05, 0.1) is 2.74 Å². The average molecular weight is 164 g/mol. The highest BCUT2D eigenvalue weighted by molar-refractivity contribution is 5.95. The van der Waals surface area contributed by atoms with Gasteiger partial charge in [0.1, 0.15) is 0 Å². The van der Waals surface area contributed by atoms with Crippen LogP contribution in [-0.2, 0) is 0 Å². The molecule has 0 bridgehead atoms. The number of benzene rings is 1. The van der Waals surface area contributed by atoms with Gasteiger partial charge in [0, 0.05) is 12.0 Å². The van der Waals surface area contributed by atoms with E-state index in [-0.39, 0.29) is 23.4 Å². The van der Waals surface area contributed by atoms with E-state index in [1.54, 1.807) is 18.2 Å². The topological polar surface area (TPSA) is 17.1 Å². The van der Waals surface area contributed by atoms with E-state index < -0.39 is 0 Å². The Balaban J connectivity index is 2.89. The Morgan fingerprint density at radius 1 is 1.42 bits per heavy atom. The van der Waals surface area contributed by atoms with Crippen molar-refractivity contribution >= 4 is 5.78 Å². The summed E-state index contributed by atoms with van der Waals surface area (Å²) in [6.07, 6.45) is 2.23. The van der Waals surface area contributed by atoms with Gasteiger partial charge in [-0.25, -0.2) is 0 Å². The summed E-state index contributed by atoms with van der Waals surface area (Å²) in [5.41, 5.74) is 0.265. The third-order valence-corrected chi connectivity index (χ3v) is 1.68. The van der Waals surface area contributed by atoms with E-state index in [9.17, 15) is 4.79 Å². The number of hydrogen-bond acceptors (Lipinski definition) is 1. The van der Waals surface area contributed by atoms with Gasteiger partial charge < -0.3 is 0 Å². The first kappa shape index (κ1) is 6.41. The Kier molecular flexibility index (Phi) is 2.51. The summed E-state index contributed by atoms with van der Waals surface area (Å²) in [5, 5.41) is 0. The molecule has 0 unspecified atom stereocenters. The van der Waals surface area contributed by atoms with Crippen molar-refractivity contribution in [2.24, 2.45) is 0 Å². The van der Waals surface area contributed by atoms with Crippen molar-refractivity contribution in [3.05, 3.63) is 35.8 Å². The Labute approximate surface area is 76.2 Å². The number of carbonyl (C=O) groups excluding carboxylic acids is 1. The fraction of sp³-hybridized carbons (Fsp3) is 0.364. The molecule has 1 aromatic rings. The third-order valence-electron chi connectivity index (χ3n) is 1.68. The molecular formula is C11H14O. The van der Waals surface area contributed by atoms with Crippen LogP contribution in [0.5, 0.6) is 0 Å². The molecule has 0 atom stereocenters. The van der Waals surface area contributed by atoms with Crippen LogP contribution >= 0.6 is 0 Å². The average Bonchev–Trinajstić information content (AvgIpc) is 2.14. The van der Waals surface area contributed by atoms with Crippen LogP contribution in [0.4, 0.5) is 0 Å². The molecule has 0 aliphatic heterocycles. The van der Waals surface area contributed by atoms with E-state index in [0.717, 1.165) is 12.8 Å². The SMILES string of the molecule is [2H]c1cccc([2H])c1C(=O)CCCC. The summed E-state index contributed by atoms with van der Waals surface area (Å²) < 4.78 is 15.1. The van der Waals surface area contributed by atoms with Gasteiger partial charge in [0.25, 0.3) is 0 Å². The first-order valence-corrected chi connectivity index (χ1v) is 4.26. The molecule has 1 heteroatoms. The maximum atomic E-state index is 11.6. The minimum absolute atomic E-state index is 0.0811. The minimum atomic E-state index is -0.0811. The smallest absolute Gasteiger partial charge is 0.162 e. The fourth-order valence-corrected chi connectivity index (χ4v) is 0.976. The second-order valence-electron chi connectivity index (χ2n) is 2.72. The van der Waals surface area contributed by atoms with Crippen molar-refractivity contribution in [2.45, 2.75) is 26.2 Å². The zero-order chi connectivity index (χ0) is 10.6. The van der Waals surface area contributed by atoms with Crippen molar-refractivity contribution < 1.29 is 7.54 Å². The van der Waals surface area contributed by atoms with Gasteiger partial charge in [-0.3, -0.25) is 4.79 Å². The standard InChI is InChI=1S/C11H14O/c1-2-3-9-11(12)10-7-5-4-6-8-10/h4-8H,2-3,9H2,1H3/i7D,8D. The van der Waals surface area contributed by atoms with Gasteiger partial charge >= 0.3 is 0 Å². The highest BCUT2D eigenvalue weighted by atomic mass is 16.1. The summed E-state index contributed by atoms with van der Waals surface area (Å²) in [5.74, 6) is -0.0811. The van der Waals surface area contributed by atoms with Crippen molar-refractivity contribution in [3.63, 3.8) is 0 Å². The molecule has 0 saturated heterocycles. The van der Waals surface area contributed by atoms with Crippen LogP contribution < -0.4 is 0 Å². The third kappa shape index (κ3) is 2.50. The number of unbranched alkanes of at least 4 members (excludes halogenated alkanes) is 1. The monoisotopic (exact) mass is 164 g/mol. The molecule has 1 rings (SSSR count). The minimum Gasteiger partial charge on any atom is -0.294 e. The molecular weight excluding hydrogens is 148 g/mol. The molecule has 0 saturated carbocycles. The van der Waals surface area contributed by atoms with E-state index in [1.807, 2.05) is 6.92 Å². The van der Waals surface area contributed by atoms with Crippen LogP contribution in [0.1, 0.15) is 39.3 Å². The molecule has 0 aliphatic carbocycles. The van der Waals surface area contributed by atoms with Crippen LogP contribution in [0.3, 0.4) is 0 Å². The molecule has 0 fully saturated rings.